The SMILES string of the molecule is CCn1c(=S)[nH]c2cc(C(=O)Nc3ccc4c(c3)CCO4)ccc2c1=O. The first kappa shape index (κ1) is 16.5. The van der Waals surface area contributed by atoms with Crippen LogP contribution in [-0.4, -0.2) is 22.1 Å². The van der Waals surface area contributed by atoms with Crippen LogP contribution in [0.3, 0.4) is 0 Å². The van der Waals surface area contributed by atoms with Crippen LogP contribution in [0.1, 0.15) is 22.8 Å². The second kappa shape index (κ2) is 6.42. The summed E-state index contributed by atoms with van der Waals surface area (Å²) in [7, 11) is 0. The van der Waals surface area contributed by atoms with Gasteiger partial charge < -0.3 is 15.0 Å². The van der Waals surface area contributed by atoms with Gasteiger partial charge in [-0.2, -0.15) is 0 Å². The van der Waals surface area contributed by atoms with Crippen LogP contribution >= 0.6 is 12.2 Å². The molecular weight excluding hydrogens is 350 g/mol. The Bertz CT molecular complexity index is 1150. The monoisotopic (exact) mass is 367 g/mol. The summed E-state index contributed by atoms with van der Waals surface area (Å²) >= 11 is 5.22. The van der Waals surface area contributed by atoms with Crippen LogP contribution in [0.5, 0.6) is 5.75 Å². The topological polar surface area (TPSA) is 76.1 Å². The predicted molar refractivity (Wildman–Crippen MR) is 103 cm³/mol. The van der Waals surface area contributed by atoms with E-state index in [9.17, 15) is 9.59 Å². The van der Waals surface area contributed by atoms with E-state index in [1.807, 2.05) is 25.1 Å². The number of hydrogen-bond acceptors (Lipinski definition) is 4. The minimum atomic E-state index is -0.246. The first-order valence-corrected chi connectivity index (χ1v) is 8.81. The van der Waals surface area contributed by atoms with E-state index in [1.165, 1.54) is 4.57 Å². The van der Waals surface area contributed by atoms with Crippen molar-refractivity contribution < 1.29 is 9.53 Å². The summed E-state index contributed by atoms with van der Waals surface area (Å²) in [5.74, 6) is 0.623. The Kier molecular flexibility index (Phi) is 4.08. The molecule has 1 aromatic heterocycles. The van der Waals surface area contributed by atoms with Crippen molar-refractivity contribution in [3.05, 3.63) is 62.6 Å². The fourth-order valence-corrected chi connectivity index (χ4v) is 3.47. The van der Waals surface area contributed by atoms with Gasteiger partial charge in [-0.1, -0.05) is 0 Å². The second-order valence-corrected chi connectivity index (χ2v) is 6.50. The molecule has 1 aliphatic heterocycles. The van der Waals surface area contributed by atoms with Crippen LogP contribution in [0, 0.1) is 4.77 Å². The Morgan fingerprint density at radius 1 is 1.31 bits per heavy atom. The van der Waals surface area contributed by atoms with Gasteiger partial charge in [0.05, 0.1) is 17.5 Å². The van der Waals surface area contributed by atoms with Crippen molar-refractivity contribution in [1.29, 1.82) is 0 Å². The molecule has 0 saturated heterocycles. The Hall–Kier alpha value is -2.93. The van der Waals surface area contributed by atoms with E-state index in [2.05, 4.69) is 10.3 Å². The predicted octanol–water partition coefficient (Wildman–Crippen LogP) is 3.27. The molecule has 132 valence electrons. The van der Waals surface area contributed by atoms with E-state index in [4.69, 9.17) is 17.0 Å². The molecule has 2 aromatic carbocycles. The molecule has 0 fully saturated rings. The van der Waals surface area contributed by atoms with Gasteiger partial charge >= 0.3 is 0 Å². The van der Waals surface area contributed by atoms with Gasteiger partial charge in [-0.3, -0.25) is 14.2 Å². The summed E-state index contributed by atoms with van der Waals surface area (Å²) in [6.45, 7) is 3.03. The van der Waals surface area contributed by atoms with E-state index < -0.39 is 0 Å². The maximum absolute atomic E-state index is 12.6. The third kappa shape index (κ3) is 2.80. The highest BCUT2D eigenvalue weighted by Gasteiger charge is 2.14. The van der Waals surface area contributed by atoms with Crippen molar-refractivity contribution in [1.82, 2.24) is 9.55 Å². The van der Waals surface area contributed by atoms with Crippen molar-refractivity contribution in [2.45, 2.75) is 19.9 Å². The number of aromatic nitrogens is 2. The third-order valence-corrected chi connectivity index (χ3v) is 4.83. The van der Waals surface area contributed by atoms with Crippen molar-refractivity contribution in [2.75, 3.05) is 11.9 Å². The van der Waals surface area contributed by atoms with Crippen LogP contribution in [0.15, 0.2) is 41.2 Å². The fraction of sp³-hybridized carbons (Fsp3) is 0.211. The lowest BCUT2D eigenvalue weighted by Crippen LogP contribution is -2.21. The third-order valence-electron chi connectivity index (χ3n) is 4.51. The zero-order valence-corrected chi connectivity index (χ0v) is 15.0. The maximum atomic E-state index is 12.6. The highest BCUT2D eigenvalue weighted by molar-refractivity contribution is 7.71. The molecule has 0 bridgehead atoms. The molecule has 3 aromatic rings. The van der Waals surface area contributed by atoms with Crippen LogP contribution < -0.4 is 15.6 Å². The molecule has 0 atom stereocenters. The summed E-state index contributed by atoms with van der Waals surface area (Å²) in [5, 5.41) is 3.39. The van der Waals surface area contributed by atoms with Crippen LogP contribution in [-0.2, 0) is 13.0 Å². The molecule has 2 heterocycles. The smallest absolute Gasteiger partial charge is 0.262 e. The van der Waals surface area contributed by atoms with E-state index in [0.717, 1.165) is 17.7 Å². The number of ether oxygens (including phenoxy) is 1. The van der Waals surface area contributed by atoms with Crippen molar-refractivity contribution in [2.24, 2.45) is 0 Å². The molecule has 2 N–H and O–H groups in total. The molecule has 4 rings (SSSR count). The molecule has 6 nitrogen and oxygen atoms in total. The standard InChI is InChI=1S/C19H17N3O3S/c1-2-22-18(24)14-5-3-12(10-15(14)21-19(22)26)17(23)20-13-4-6-16-11(9-13)7-8-25-16/h3-6,9-10H,2,7-8H2,1H3,(H,20,23)(H,21,26). The average Bonchev–Trinajstić information content (AvgIpc) is 3.09. The minimum Gasteiger partial charge on any atom is -0.493 e. The van der Waals surface area contributed by atoms with Crippen LogP contribution in [0.25, 0.3) is 10.9 Å². The molecule has 1 aliphatic rings. The molecule has 0 aliphatic carbocycles. The zero-order valence-electron chi connectivity index (χ0n) is 14.2. The number of rotatable bonds is 3. The van der Waals surface area contributed by atoms with E-state index in [0.29, 0.717) is 40.1 Å². The number of carbonyl (C=O) groups excluding carboxylic acids is 1. The Morgan fingerprint density at radius 3 is 2.96 bits per heavy atom. The number of carbonyl (C=O) groups is 1. The lowest BCUT2D eigenvalue weighted by atomic mass is 10.1. The quantitative estimate of drug-likeness (QED) is 0.697. The summed E-state index contributed by atoms with van der Waals surface area (Å²) in [4.78, 5) is 28.0. The van der Waals surface area contributed by atoms with Crippen LogP contribution in [0.2, 0.25) is 0 Å². The Balaban J connectivity index is 1.67. The summed E-state index contributed by atoms with van der Waals surface area (Å²) in [6, 6.07) is 10.6. The van der Waals surface area contributed by atoms with Gasteiger partial charge in [0.15, 0.2) is 4.77 Å². The van der Waals surface area contributed by atoms with Crippen molar-refractivity contribution in [3.63, 3.8) is 0 Å². The van der Waals surface area contributed by atoms with Gasteiger partial charge in [0.1, 0.15) is 5.75 Å². The van der Waals surface area contributed by atoms with Gasteiger partial charge in [-0.15, -0.1) is 0 Å². The highest BCUT2D eigenvalue weighted by Crippen LogP contribution is 2.28. The number of hydrogen-bond donors (Lipinski definition) is 2. The first-order valence-electron chi connectivity index (χ1n) is 8.41. The van der Waals surface area contributed by atoms with Crippen molar-refractivity contribution in [3.8, 4) is 5.75 Å². The number of benzene rings is 2. The number of anilines is 1. The fourth-order valence-electron chi connectivity index (χ4n) is 3.15. The van der Waals surface area contributed by atoms with Gasteiger partial charge in [-0.25, -0.2) is 0 Å². The Labute approximate surface area is 154 Å². The molecule has 1 amide bonds. The second-order valence-electron chi connectivity index (χ2n) is 6.12. The van der Waals surface area contributed by atoms with E-state index >= 15 is 0 Å². The highest BCUT2D eigenvalue weighted by atomic mass is 32.1. The van der Waals surface area contributed by atoms with Gasteiger partial charge in [0.25, 0.3) is 11.5 Å². The van der Waals surface area contributed by atoms with Crippen molar-refractivity contribution >= 4 is 34.7 Å². The first-order chi connectivity index (χ1) is 12.6. The molecule has 7 heteroatoms. The Morgan fingerprint density at radius 2 is 2.15 bits per heavy atom. The average molecular weight is 367 g/mol. The van der Waals surface area contributed by atoms with Gasteiger partial charge in [-0.05, 0) is 61.1 Å². The minimum absolute atomic E-state index is 0.156. The zero-order chi connectivity index (χ0) is 18.3. The summed E-state index contributed by atoms with van der Waals surface area (Å²) < 4.78 is 7.31. The molecule has 26 heavy (non-hydrogen) atoms. The molecule has 0 spiro atoms. The van der Waals surface area contributed by atoms with Crippen LogP contribution in [0.4, 0.5) is 5.69 Å². The molecular formula is C19H17N3O3S. The number of nitrogens with zero attached hydrogens (tertiary/aromatic N) is 1. The van der Waals surface area contributed by atoms with Gasteiger partial charge in [0.2, 0.25) is 0 Å². The number of fused-ring (bicyclic) bond motifs is 2. The number of amides is 1. The van der Waals surface area contributed by atoms with Gasteiger partial charge in [0, 0.05) is 24.2 Å². The maximum Gasteiger partial charge on any atom is 0.262 e. The molecule has 0 radical (unpaired) electrons. The normalized spacial score (nSPS) is 12.7. The largest absolute Gasteiger partial charge is 0.493 e. The number of nitrogens with one attached hydrogen (secondary N) is 2. The van der Waals surface area contributed by atoms with E-state index in [1.54, 1.807) is 18.2 Å². The summed E-state index contributed by atoms with van der Waals surface area (Å²) in [5.41, 5.74) is 2.66. The molecule has 0 saturated carbocycles. The van der Waals surface area contributed by atoms with E-state index in [-0.39, 0.29) is 11.5 Å². The number of aromatic amines is 1. The summed E-state index contributed by atoms with van der Waals surface area (Å²) in [6.07, 6.45) is 0.843. The molecule has 0 unspecified atom stereocenters. The number of H-pyrrole nitrogens is 1. The lowest BCUT2D eigenvalue weighted by molar-refractivity contribution is 0.102. The lowest BCUT2D eigenvalue weighted by Gasteiger charge is -2.09.